The van der Waals surface area contributed by atoms with E-state index in [1.807, 2.05) is 20.8 Å². The van der Waals surface area contributed by atoms with Gasteiger partial charge in [-0.15, -0.1) is 0 Å². The van der Waals surface area contributed by atoms with Gasteiger partial charge >= 0.3 is 6.09 Å². The quantitative estimate of drug-likeness (QED) is 0.270. The summed E-state index contributed by atoms with van der Waals surface area (Å²) in [4.78, 5) is 61.6. The molecule has 1 aliphatic carbocycles. The van der Waals surface area contributed by atoms with Crippen molar-refractivity contribution in [1.29, 1.82) is 0 Å². The van der Waals surface area contributed by atoms with Crippen LogP contribution < -0.4 is 5.32 Å². The number of carbonyl (C=O) groups is 4. The van der Waals surface area contributed by atoms with Crippen molar-refractivity contribution in [3.63, 3.8) is 0 Å². The molecule has 2 aliphatic heterocycles. The fourth-order valence-corrected chi connectivity index (χ4v) is 7.55. The Morgan fingerprint density at radius 2 is 1.57 bits per heavy atom. The van der Waals surface area contributed by atoms with E-state index in [2.05, 4.69) is 20.5 Å². The molecule has 3 aliphatic rings. The molecular weight excluding hydrogens is 710 g/mol. The zero-order valence-electron chi connectivity index (χ0n) is 29.9. The van der Waals surface area contributed by atoms with Crippen LogP contribution in [0, 0.1) is 36.3 Å². The fourth-order valence-electron chi connectivity index (χ4n) is 7.29. The second-order valence-corrected chi connectivity index (χ2v) is 15.1. The number of piperazine rings is 1. The lowest BCUT2D eigenvalue weighted by Gasteiger charge is -2.35. The van der Waals surface area contributed by atoms with Gasteiger partial charge in [-0.3, -0.25) is 19.5 Å². The van der Waals surface area contributed by atoms with E-state index in [4.69, 9.17) is 16.3 Å². The van der Waals surface area contributed by atoms with Crippen molar-refractivity contribution < 1.29 is 32.7 Å². The number of rotatable bonds is 6. The molecule has 4 heterocycles. The van der Waals surface area contributed by atoms with Gasteiger partial charge < -0.3 is 29.3 Å². The van der Waals surface area contributed by atoms with Gasteiger partial charge in [0.25, 0.3) is 11.8 Å². The molecule has 3 atom stereocenters. The molecule has 16 heteroatoms. The van der Waals surface area contributed by atoms with Crippen LogP contribution in [0.1, 0.15) is 47.4 Å². The Hall–Kier alpha value is -5.31. The molecule has 4 amide bonds. The summed E-state index contributed by atoms with van der Waals surface area (Å²) in [6.45, 7) is 9.62. The lowest BCUT2D eigenvalue weighted by atomic mass is 10.0. The Kier molecular flexibility index (Phi) is 9.25. The maximum absolute atomic E-state index is 15.3. The van der Waals surface area contributed by atoms with Crippen LogP contribution in [0.5, 0.6) is 0 Å². The number of aryl methyl sites for hydroxylation is 1. The first-order chi connectivity index (χ1) is 25.1. The molecule has 13 nitrogen and oxygen atoms in total. The maximum atomic E-state index is 15.3. The van der Waals surface area contributed by atoms with Crippen LogP contribution in [-0.4, -0.2) is 103 Å². The topological polar surface area (TPSA) is 146 Å². The van der Waals surface area contributed by atoms with Gasteiger partial charge in [0.15, 0.2) is 17.5 Å². The van der Waals surface area contributed by atoms with Gasteiger partial charge in [-0.25, -0.2) is 18.6 Å². The molecule has 53 heavy (non-hydrogen) atoms. The second kappa shape index (κ2) is 13.6. The molecule has 0 bridgehead atoms. The number of carbonyl (C=O) groups excluding carboxylic acids is 4. The predicted molar refractivity (Wildman–Crippen MR) is 191 cm³/mol. The number of imidazole rings is 1. The number of nitrogens with one attached hydrogen (secondary N) is 2. The van der Waals surface area contributed by atoms with Crippen molar-refractivity contribution in [2.45, 2.75) is 33.3 Å². The molecular formula is C37H39ClF2N8O5. The summed E-state index contributed by atoms with van der Waals surface area (Å²) in [6.07, 6.45) is 2.42. The smallest absolute Gasteiger partial charge is 0.410 e. The summed E-state index contributed by atoms with van der Waals surface area (Å²) in [5, 5.41) is 9.42. The average Bonchev–Trinajstić information content (AvgIpc) is 3.45. The third kappa shape index (κ3) is 6.85. The highest BCUT2D eigenvalue weighted by molar-refractivity contribution is 6.34. The van der Waals surface area contributed by atoms with E-state index in [1.54, 1.807) is 27.7 Å². The van der Waals surface area contributed by atoms with E-state index < -0.39 is 23.1 Å². The summed E-state index contributed by atoms with van der Waals surface area (Å²) in [5.74, 6) is -2.90. The lowest BCUT2D eigenvalue weighted by Crippen LogP contribution is -2.51. The van der Waals surface area contributed by atoms with E-state index >= 15 is 8.78 Å². The van der Waals surface area contributed by atoms with Crippen LogP contribution in [0.15, 0.2) is 42.7 Å². The van der Waals surface area contributed by atoms with E-state index in [-0.39, 0.29) is 68.9 Å². The molecule has 2 N–H and O–H groups in total. The van der Waals surface area contributed by atoms with Gasteiger partial charge in [-0.1, -0.05) is 17.7 Å². The van der Waals surface area contributed by atoms with E-state index in [0.29, 0.717) is 56.2 Å². The summed E-state index contributed by atoms with van der Waals surface area (Å²) in [7, 11) is 1.52. The Morgan fingerprint density at radius 3 is 2.19 bits per heavy atom. The third-order valence-corrected chi connectivity index (χ3v) is 10.5. The molecule has 3 fully saturated rings. The SMILES string of the molecule is Cc1n[nH]cc1-c1ccc(-c2cnc(C(=O)Nc3ccc(C(=O)N4CCN(C(=O)[C@H]5[C@@H]6CN(C(=O)OC(C)(C)C)C[C@@H]65)CC4)c(Cl)c3)n2C)c(F)c1F. The Morgan fingerprint density at radius 1 is 0.925 bits per heavy atom. The zero-order chi connectivity index (χ0) is 37.9. The van der Waals surface area contributed by atoms with E-state index in [9.17, 15) is 19.2 Å². The van der Waals surface area contributed by atoms with Gasteiger partial charge in [-0.05, 0) is 63.8 Å². The number of aromatic amines is 1. The van der Waals surface area contributed by atoms with Gasteiger partial charge in [0.05, 0.1) is 28.2 Å². The van der Waals surface area contributed by atoms with Gasteiger partial charge in [0.2, 0.25) is 5.91 Å². The standard InChI is InChI=1S/C37H39ClF2N8O5/c1-19-24(15-42-44-19)21-8-9-23(31(40)30(21)39)28-16-41-32(45(28)5)33(49)43-20-6-7-22(27(38)14-20)34(50)46-10-12-47(13-11-46)35(51)29-25-17-48(18-26(25)29)36(52)53-37(2,3)4/h6-9,14-16,25-26,29H,10-13,17-18H2,1-5H3,(H,42,44)(H,43,49)/t25-,26+,29+. The molecule has 1 saturated carbocycles. The predicted octanol–water partition coefficient (Wildman–Crippen LogP) is 5.37. The van der Waals surface area contributed by atoms with Crippen molar-refractivity contribution in [3.8, 4) is 22.4 Å². The highest BCUT2D eigenvalue weighted by Crippen LogP contribution is 2.53. The first-order valence-corrected chi connectivity index (χ1v) is 17.7. The monoisotopic (exact) mass is 748 g/mol. The number of amides is 4. The highest BCUT2D eigenvalue weighted by Gasteiger charge is 2.61. The molecule has 0 spiro atoms. The molecule has 2 saturated heterocycles. The average molecular weight is 749 g/mol. The number of aromatic nitrogens is 4. The molecule has 7 rings (SSSR count). The van der Waals surface area contributed by atoms with Gasteiger partial charge in [0.1, 0.15) is 5.60 Å². The number of nitrogens with zero attached hydrogens (tertiary/aromatic N) is 6. The van der Waals surface area contributed by atoms with Gasteiger partial charge in [-0.2, -0.15) is 5.10 Å². The Balaban J connectivity index is 0.935. The number of piperidine rings is 1. The van der Waals surface area contributed by atoms with Crippen molar-refractivity contribution >= 4 is 41.1 Å². The number of hydrogen-bond acceptors (Lipinski definition) is 7. The number of halogens is 3. The van der Waals surface area contributed by atoms with Crippen molar-refractivity contribution in [1.82, 2.24) is 34.4 Å². The number of hydrogen-bond donors (Lipinski definition) is 2. The van der Waals surface area contributed by atoms with Crippen molar-refractivity contribution in [2.24, 2.45) is 24.8 Å². The summed E-state index contributed by atoms with van der Waals surface area (Å²) >= 11 is 6.53. The Labute approximate surface area is 309 Å². The molecule has 2 aromatic carbocycles. The van der Waals surface area contributed by atoms with Crippen molar-refractivity contribution in [3.05, 3.63) is 76.5 Å². The number of fused-ring (bicyclic) bond motifs is 1. The van der Waals surface area contributed by atoms with Crippen molar-refractivity contribution in [2.75, 3.05) is 44.6 Å². The van der Waals surface area contributed by atoms with Crippen LogP contribution in [0.25, 0.3) is 22.4 Å². The van der Waals surface area contributed by atoms with Gasteiger partial charge in [0, 0.05) is 80.8 Å². The van der Waals surface area contributed by atoms with Crippen LogP contribution in [0.4, 0.5) is 19.3 Å². The molecule has 0 unspecified atom stereocenters. The number of likely N-dealkylation sites (tertiary alicyclic amines) is 1. The Bertz CT molecular complexity index is 2120. The minimum absolute atomic E-state index is 0.0556. The first-order valence-electron chi connectivity index (χ1n) is 17.3. The van der Waals surface area contributed by atoms with Crippen LogP contribution >= 0.6 is 11.6 Å². The minimum Gasteiger partial charge on any atom is -0.444 e. The second-order valence-electron chi connectivity index (χ2n) is 14.7. The number of ether oxygens (including phenoxy) is 1. The first kappa shape index (κ1) is 36.1. The fraction of sp³-hybridized carbons (Fsp3) is 0.405. The summed E-state index contributed by atoms with van der Waals surface area (Å²) in [5.41, 5.74) is 1.10. The molecule has 0 radical (unpaired) electrons. The highest BCUT2D eigenvalue weighted by atomic mass is 35.5. The molecule has 4 aromatic rings. The van der Waals surface area contributed by atoms with Crippen LogP contribution in [-0.2, 0) is 16.6 Å². The van der Waals surface area contributed by atoms with E-state index in [1.165, 1.54) is 48.3 Å². The zero-order valence-corrected chi connectivity index (χ0v) is 30.6. The summed E-state index contributed by atoms with van der Waals surface area (Å²) in [6, 6.07) is 7.38. The molecule has 2 aromatic heterocycles. The van der Waals surface area contributed by atoms with Crippen LogP contribution in [0.3, 0.4) is 0 Å². The minimum atomic E-state index is -1.09. The lowest BCUT2D eigenvalue weighted by molar-refractivity contribution is -0.135. The number of H-pyrrole nitrogens is 1. The normalized spacial score (nSPS) is 19.6. The summed E-state index contributed by atoms with van der Waals surface area (Å²) < 4.78 is 37.2. The largest absolute Gasteiger partial charge is 0.444 e. The van der Waals surface area contributed by atoms with E-state index in [0.717, 1.165) is 0 Å². The van der Waals surface area contributed by atoms with Crippen LogP contribution in [0.2, 0.25) is 5.02 Å². The maximum Gasteiger partial charge on any atom is 0.410 e. The third-order valence-electron chi connectivity index (χ3n) is 10.1. The molecule has 278 valence electrons. The number of anilines is 1. The number of benzene rings is 2.